The van der Waals surface area contributed by atoms with Crippen LogP contribution in [0.5, 0.6) is 5.75 Å². The summed E-state index contributed by atoms with van der Waals surface area (Å²) in [5.41, 5.74) is 3.38. The second-order valence-electron chi connectivity index (χ2n) is 4.60. The molecule has 2 N–H and O–H groups in total. The molecule has 108 valence electrons. The topological polar surface area (TPSA) is 57.9 Å². The summed E-state index contributed by atoms with van der Waals surface area (Å²) in [6.45, 7) is 0. The number of hydrogen-bond acceptors (Lipinski definition) is 2. The summed E-state index contributed by atoms with van der Waals surface area (Å²) in [5, 5.41) is 0. The van der Waals surface area contributed by atoms with E-state index in [0.29, 0.717) is 0 Å². The van der Waals surface area contributed by atoms with Crippen LogP contribution in [0.1, 0.15) is 16.0 Å². The Hall–Kier alpha value is -1.53. The number of hydrogen-bond donors (Lipinski definition) is 2. The van der Waals surface area contributed by atoms with E-state index in [1.165, 1.54) is 0 Å². The third kappa shape index (κ3) is 2.65. The molecule has 2 aromatic carbocycles. The van der Waals surface area contributed by atoms with Crippen LogP contribution in [0.15, 0.2) is 45.7 Å². The molecule has 0 amide bonds. The Morgan fingerprint density at radius 2 is 1.76 bits per heavy atom. The van der Waals surface area contributed by atoms with E-state index in [-0.39, 0.29) is 10.5 Å². The van der Waals surface area contributed by atoms with Gasteiger partial charge in [-0.25, -0.2) is 4.79 Å². The van der Waals surface area contributed by atoms with Gasteiger partial charge in [-0.2, -0.15) is 0 Å². The molecule has 0 saturated heterocycles. The molecule has 21 heavy (non-hydrogen) atoms. The molecule has 1 unspecified atom stereocenters. The lowest BCUT2D eigenvalue weighted by Gasteiger charge is -2.16. The molecular formula is C15H12Br2N2O2. The monoisotopic (exact) mass is 410 g/mol. The van der Waals surface area contributed by atoms with Crippen molar-refractivity contribution in [1.29, 1.82) is 0 Å². The third-order valence-electron chi connectivity index (χ3n) is 3.32. The molecule has 0 radical (unpaired) electrons. The summed E-state index contributed by atoms with van der Waals surface area (Å²) in [7, 11) is 1.65. The molecule has 1 aromatic heterocycles. The lowest BCUT2D eigenvalue weighted by Crippen LogP contribution is -1.99. The second-order valence-corrected chi connectivity index (χ2v) is 6.37. The molecule has 4 nitrogen and oxygen atoms in total. The molecule has 0 aliphatic heterocycles. The van der Waals surface area contributed by atoms with Crippen molar-refractivity contribution in [2.24, 2.45) is 0 Å². The summed E-state index contributed by atoms with van der Waals surface area (Å²) in [6, 6.07) is 11.7. The minimum atomic E-state index is -0.211. The maximum atomic E-state index is 11.4. The Kier molecular flexibility index (Phi) is 3.91. The number of nitrogens with one attached hydrogen (secondary N) is 2. The first-order valence-electron chi connectivity index (χ1n) is 6.28. The highest BCUT2D eigenvalue weighted by atomic mass is 79.9. The third-order valence-corrected chi connectivity index (χ3v) is 4.99. The fraction of sp³-hybridized carbons (Fsp3) is 0.133. The smallest absolute Gasteiger partial charge is 0.323 e. The van der Waals surface area contributed by atoms with Gasteiger partial charge in [0.25, 0.3) is 0 Å². The van der Waals surface area contributed by atoms with Gasteiger partial charge in [-0.1, -0.05) is 50.1 Å². The molecule has 0 aliphatic rings. The molecule has 1 heterocycles. The molecule has 3 aromatic rings. The van der Waals surface area contributed by atoms with Gasteiger partial charge >= 0.3 is 5.69 Å². The van der Waals surface area contributed by atoms with Gasteiger partial charge in [0.1, 0.15) is 5.75 Å². The molecule has 3 rings (SSSR count). The quantitative estimate of drug-likeness (QED) is 0.637. The first-order chi connectivity index (χ1) is 10.1. The molecule has 0 bridgehead atoms. The van der Waals surface area contributed by atoms with Gasteiger partial charge in [-0.15, -0.1) is 0 Å². The van der Waals surface area contributed by atoms with E-state index in [9.17, 15) is 4.79 Å². The first kappa shape index (κ1) is 14.4. The van der Waals surface area contributed by atoms with E-state index < -0.39 is 0 Å². The van der Waals surface area contributed by atoms with Gasteiger partial charge in [-0.05, 0) is 23.8 Å². The zero-order valence-electron chi connectivity index (χ0n) is 11.1. The Balaban J connectivity index is 2.14. The van der Waals surface area contributed by atoms with Crippen molar-refractivity contribution in [3.05, 3.63) is 62.5 Å². The predicted molar refractivity (Wildman–Crippen MR) is 90.4 cm³/mol. The first-order valence-corrected chi connectivity index (χ1v) is 7.99. The number of methoxy groups -OCH3 is 1. The normalized spacial score (nSPS) is 12.5. The standard InChI is InChI=1S/C15H12Br2N2O2/c1-21-13-5-3-2-4-8(13)14(17)9-6-11-12(7-10(9)16)19-15(20)18-11/h2-7,14H,1H3,(H2,18,19,20). The van der Waals surface area contributed by atoms with Crippen molar-refractivity contribution < 1.29 is 4.74 Å². The minimum absolute atomic E-state index is 0.0502. The number of rotatable bonds is 3. The molecule has 0 spiro atoms. The van der Waals surface area contributed by atoms with E-state index in [2.05, 4.69) is 41.8 Å². The highest BCUT2D eigenvalue weighted by Crippen LogP contribution is 2.40. The van der Waals surface area contributed by atoms with Crippen molar-refractivity contribution in [3.63, 3.8) is 0 Å². The van der Waals surface area contributed by atoms with Crippen LogP contribution >= 0.6 is 31.9 Å². The van der Waals surface area contributed by atoms with Crippen LogP contribution in [-0.4, -0.2) is 17.1 Å². The van der Waals surface area contributed by atoms with E-state index in [1.54, 1.807) is 7.11 Å². The average Bonchev–Trinajstić information content (AvgIpc) is 2.84. The van der Waals surface area contributed by atoms with Gasteiger partial charge in [-0.3, -0.25) is 0 Å². The zero-order valence-corrected chi connectivity index (χ0v) is 14.3. The minimum Gasteiger partial charge on any atom is -0.496 e. The SMILES string of the molecule is COc1ccccc1C(Br)c1cc2[nH]c(=O)[nH]c2cc1Br. The molecule has 0 aliphatic carbocycles. The highest BCUT2D eigenvalue weighted by molar-refractivity contribution is 9.11. The molecule has 1 atom stereocenters. The number of aromatic nitrogens is 2. The van der Waals surface area contributed by atoms with Gasteiger partial charge in [0.2, 0.25) is 0 Å². The summed E-state index contributed by atoms with van der Waals surface area (Å²) in [5.74, 6) is 0.814. The number of alkyl halides is 1. The number of ether oxygens (including phenoxy) is 1. The fourth-order valence-electron chi connectivity index (χ4n) is 2.31. The number of para-hydroxylation sites is 1. The van der Waals surface area contributed by atoms with Gasteiger partial charge < -0.3 is 14.7 Å². The van der Waals surface area contributed by atoms with Crippen molar-refractivity contribution in [2.75, 3.05) is 7.11 Å². The molecule has 0 fully saturated rings. The molecule has 6 heteroatoms. The van der Waals surface area contributed by atoms with E-state index >= 15 is 0 Å². The fourth-order valence-corrected chi connectivity index (χ4v) is 3.95. The number of aromatic amines is 2. The number of fused-ring (bicyclic) bond motifs is 1. The van der Waals surface area contributed by atoms with E-state index in [4.69, 9.17) is 4.74 Å². The molecular weight excluding hydrogens is 400 g/mol. The lowest BCUT2D eigenvalue weighted by molar-refractivity contribution is 0.410. The Bertz CT molecular complexity index is 854. The van der Waals surface area contributed by atoms with Crippen molar-refractivity contribution in [2.45, 2.75) is 4.83 Å². The van der Waals surface area contributed by atoms with Crippen LogP contribution in [0.4, 0.5) is 0 Å². The van der Waals surface area contributed by atoms with Crippen molar-refractivity contribution >= 4 is 42.9 Å². The van der Waals surface area contributed by atoms with Crippen molar-refractivity contribution in [3.8, 4) is 5.75 Å². The van der Waals surface area contributed by atoms with E-state index in [1.807, 2.05) is 36.4 Å². The Morgan fingerprint density at radius 1 is 1.10 bits per heavy atom. The number of halogens is 2. The van der Waals surface area contributed by atoms with Crippen molar-refractivity contribution in [1.82, 2.24) is 9.97 Å². The number of H-pyrrole nitrogens is 2. The Morgan fingerprint density at radius 3 is 2.48 bits per heavy atom. The Labute approximate surface area is 137 Å². The zero-order chi connectivity index (χ0) is 15.0. The molecule has 0 saturated carbocycles. The predicted octanol–water partition coefficient (Wildman–Crippen LogP) is 4.11. The maximum absolute atomic E-state index is 11.4. The van der Waals surface area contributed by atoms with Crippen LogP contribution in [0, 0.1) is 0 Å². The number of benzene rings is 2. The average molecular weight is 412 g/mol. The van der Waals surface area contributed by atoms with Crippen LogP contribution in [-0.2, 0) is 0 Å². The van der Waals surface area contributed by atoms with Crippen LogP contribution in [0.2, 0.25) is 0 Å². The number of imidazole rings is 1. The van der Waals surface area contributed by atoms with Crippen LogP contribution < -0.4 is 10.4 Å². The van der Waals surface area contributed by atoms with Gasteiger partial charge in [0.15, 0.2) is 0 Å². The lowest BCUT2D eigenvalue weighted by atomic mass is 10.0. The maximum Gasteiger partial charge on any atom is 0.323 e. The largest absolute Gasteiger partial charge is 0.496 e. The highest BCUT2D eigenvalue weighted by Gasteiger charge is 2.18. The van der Waals surface area contributed by atoms with E-state index in [0.717, 1.165) is 32.4 Å². The summed E-state index contributed by atoms with van der Waals surface area (Å²) in [4.78, 5) is 16.9. The van der Waals surface area contributed by atoms with Crippen LogP contribution in [0.25, 0.3) is 11.0 Å². The van der Waals surface area contributed by atoms with Crippen LogP contribution in [0.3, 0.4) is 0 Å². The summed E-state index contributed by atoms with van der Waals surface area (Å²) < 4.78 is 6.32. The summed E-state index contributed by atoms with van der Waals surface area (Å²) >= 11 is 7.28. The van der Waals surface area contributed by atoms with Gasteiger partial charge in [0.05, 0.1) is 23.0 Å². The summed E-state index contributed by atoms with van der Waals surface area (Å²) in [6.07, 6.45) is 0. The second kappa shape index (κ2) is 5.69. The van der Waals surface area contributed by atoms with Gasteiger partial charge in [0, 0.05) is 10.0 Å².